The lowest BCUT2D eigenvalue weighted by Gasteiger charge is -2.02. The molecule has 3 nitrogen and oxygen atoms in total. The number of hydrogen-bond acceptors (Lipinski definition) is 3. The summed E-state index contributed by atoms with van der Waals surface area (Å²) in [5.74, 6) is 0. The molecular weight excluding hydrogens is 190 g/mol. The largest absolute Gasteiger partial charge is 0.281 e. The van der Waals surface area contributed by atoms with Gasteiger partial charge in [0.05, 0.1) is 6.04 Å². The van der Waals surface area contributed by atoms with Crippen LogP contribution in [0.15, 0.2) is 4.99 Å². The molecule has 0 fully saturated rings. The molecule has 1 atom stereocenters. The second-order valence-electron chi connectivity index (χ2n) is 3.02. The highest BCUT2D eigenvalue weighted by Crippen LogP contribution is 2.08. The summed E-state index contributed by atoms with van der Waals surface area (Å²) in [4.78, 5) is 23.7. The van der Waals surface area contributed by atoms with Crippen molar-refractivity contribution in [2.45, 2.75) is 45.1 Å². The Hall–Kier alpha value is -0.660. The molecule has 0 saturated carbocycles. The third-order valence-electron chi connectivity index (χ3n) is 1.77. The van der Waals surface area contributed by atoms with E-state index in [0.29, 0.717) is 6.42 Å². The molecule has 4 heteroatoms. The van der Waals surface area contributed by atoms with E-state index in [0.717, 1.165) is 25.7 Å². The normalized spacial score (nSPS) is 11.8. The van der Waals surface area contributed by atoms with Crippen molar-refractivity contribution in [1.29, 1.82) is 0 Å². The average Bonchev–Trinajstić information content (AvgIpc) is 2.03. The Kier molecular flexibility index (Phi) is 7.56. The van der Waals surface area contributed by atoms with Gasteiger partial charge in [0.1, 0.15) is 0 Å². The summed E-state index contributed by atoms with van der Waals surface area (Å²) in [5.41, 5.74) is 0. The molecule has 0 radical (unpaired) electrons. The summed E-state index contributed by atoms with van der Waals surface area (Å²) in [6.45, 7) is 1.87. The van der Waals surface area contributed by atoms with Gasteiger partial charge in [0.2, 0.25) is 11.3 Å². The molecule has 1 unspecified atom stereocenters. The SMILES string of the molecule is CC(CCCCCC(=O)Cl)N=C=O. The second kappa shape index (κ2) is 7.96. The van der Waals surface area contributed by atoms with Crippen molar-refractivity contribution in [2.24, 2.45) is 4.99 Å². The molecule has 0 aromatic rings. The fraction of sp³-hybridized carbons (Fsp3) is 0.778. The van der Waals surface area contributed by atoms with Gasteiger partial charge >= 0.3 is 0 Å². The summed E-state index contributed by atoms with van der Waals surface area (Å²) in [7, 11) is 0. The number of isocyanates is 1. The Bertz CT molecular complexity index is 200. The number of carbonyl (C=O) groups excluding carboxylic acids is 2. The molecule has 0 aromatic carbocycles. The van der Waals surface area contributed by atoms with Crippen molar-refractivity contribution in [3.63, 3.8) is 0 Å². The van der Waals surface area contributed by atoms with E-state index in [9.17, 15) is 9.59 Å². The number of nitrogens with zero attached hydrogens (tertiary/aromatic N) is 1. The number of rotatable bonds is 7. The van der Waals surface area contributed by atoms with Crippen molar-refractivity contribution >= 4 is 22.9 Å². The van der Waals surface area contributed by atoms with Crippen LogP contribution < -0.4 is 0 Å². The van der Waals surface area contributed by atoms with E-state index in [1.807, 2.05) is 6.92 Å². The highest BCUT2D eigenvalue weighted by molar-refractivity contribution is 6.63. The Morgan fingerprint density at radius 1 is 1.46 bits per heavy atom. The molecule has 0 saturated heterocycles. The van der Waals surface area contributed by atoms with Crippen molar-refractivity contribution in [3.8, 4) is 0 Å². The number of hydrogen-bond donors (Lipinski definition) is 0. The highest BCUT2D eigenvalue weighted by atomic mass is 35.5. The first kappa shape index (κ1) is 12.3. The standard InChI is InChI=1S/C9H14ClNO2/c1-8(11-7-12)5-3-2-4-6-9(10)13/h8H,2-6H2,1H3. The lowest BCUT2D eigenvalue weighted by Crippen LogP contribution is -1.97. The molecular formula is C9H14ClNO2. The van der Waals surface area contributed by atoms with Gasteiger partial charge in [-0.1, -0.05) is 12.8 Å². The molecule has 0 amide bonds. The van der Waals surface area contributed by atoms with Crippen LogP contribution >= 0.6 is 11.6 Å². The maximum atomic E-state index is 10.3. The van der Waals surface area contributed by atoms with Gasteiger partial charge in [0.25, 0.3) is 0 Å². The molecule has 0 bridgehead atoms. The minimum absolute atomic E-state index is 0.0456. The van der Waals surface area contributed by atoms with Crippen LogP contribution in [0.1, 0.15) is 39.0 Å². The molecule has 0 aromatic heterocycles. The zero-order valence-electron chi connectivity index (χ0n) is 7.75. The van der Waals surface area contributed by atoms with Gasteiger partial charge in [0.15, 0.2) is 0 Å². The van der Waals surface area contributed by atoms with Crippen LogP contribution in [0, 0.1) is 0 Å². The first-order valence-electron chi connectivity index (χ1n) is 4.42. The molecule has 0 aliphatic rings. The van der Waals surface area contributed by atoms with E-state index in [1.165, 1.54) is 6.08 Å². The average molecular weight is 204 g/mol. The van der Waals surface area contributed by atoms with Crippen molar-refractivity contribution in [1.82, 2.24) is 0 Å². The van der Waals surface area contributed by atoms with Crippen LogP contribution in [0.3, 0.4) is 0 Å². The van der Waals surface area contributed by atoms with Gasteiger partial charge in [-0.25, -0.2) is 9.79 Å². The van der Waals surface area contributed by atoms with Gasteiger partial charge in [-0.2, -0.15) is 0 Å². The molecule has 0 heterocycles. The summed E-state index contributed by atoms with van der Waals surface area (Å²) in [6, 6.07) is 0.0456. The van der Waals surface area contributed by atoms with Crippen LogP contribution in [0.5, 0.6) is 0 Å². The minimum atomic E-state index is -0.279. The summed E-state index contributed by atoms with van der Waals surface area (Å²) >= 11 is 5.16. The van der Waals surface area contributed by atoms with E-state index in [-0.39, 0.29) is 11.3 Å². The van der Waals surface area contributed by atoms with Gasteiger partial charge < -0.3 is 0 Å². The van der Waals surface area contributed by atoms with Gasteiger partial charge in [-0.15, -0.1) is 0 Å². The Balaban J connectivity index is 3.25. The molecule has 74 valence electrons. The summed E-state index contributed by atoms with van der Waals surface area (Å²) in [6.07, 6.45) is 5.57. The van der Waals surface area contributed by atoms with E-state index < -0.39 is 0 Å². The van der Waals surface area contributed by atoms with Crippen LogP contribution in [0.2, 0.25) is 0 Å². The Labute approximate surface area is 83.2 Å². The minimum Gasteiger partial charge on any atom is -0.281 e. The first-order chi connectivity index (χ1) is 6.16. The number of aliphatic imine (C=N–C) groups is 1. The lowest BCUT2D eigenvalue weighted by molar-refractivity contribution is -0.111. The summed E-state index contributed by atoms with van der Waals surface area (Å²) < 4.78 is 0. The number of carbonyl (C=O) groups is 1. The monoisotopic (exact) mass is 203 g/mol. The zero-order valence-corrected chi connectivity index (χ0v) is 8.51. The molecule has 0 rings (SSSR count). The van der Waals surface area contributed by atoms with Gasteiger partial charge in [-0.05, 0) is 31.4 Å². The van der Waals surface area contributed by atoms with Gasteiger partial charge in [-0.3, -0.25) is 4.79 Å². The fourth-order valence-corrected chi connectivity index (χ4v) is 1.17. The molecule has 0 aliphatic heterocycles. The fourth-order valence-electron chi connectivity index (χ4n) is 1.04. The third-order valence-corrected chi connectivity index (χ3v) is 1.96. The van der Waals surface area contributed by atoms with Crippen LogP contribution in [0.25, 0.3) is 0 Å². The van der Waals surface area contributed by atoms with E-state index in [1.54, 1.807) is 0 Å². The van der Waals surface area contributed by atoms with E-state index >= 15 is 0 Å². The predicted molar refractivity (Wildman–Crippen MR) is 51.5 cm³/mol. The van der Waals surface area contributed by atoms with Crippen molar-refractivity contribution in [3.05, 3.63) is 0 Å². The Morgan fingerprint density at radius 3 is 2.69 bits per heavy atom. The molecule has 0 aliphatic carbocycles. The smallest absolute Gasteiger partial charge is 0.235 e. The zero-order chi connectivity index (χ0) is 10.1. The van der Waals surface area contributed by atoms with E-state index in [4.69, 9.17) is 11.6 Å². The van der Waals surface area contributed by atoms with Gasteiger partial charge in [0, 0.05) is 6.42 Å². The predicted octanol–water partition coefficient (Wildman–Crippen LogP) is 2.43. The maximum absolute atomic E-state index is 10.3. The maximum Gasteiger partial charge on any atom is 0.235 e. The van der Waals surface area contributed by atoms with Crippen molar-refractivity contribution in [2.75, 3.05) is 0 Å². The van der Waals surface area contributed by atoms with Crippen LogP contribution in [-0.4, -0.2) is 17.4 Å². The quantitative estimate of drug-likeness (QED) is 0.276. The molecule has 13 heavy (non-hydrogen) atoms. The lowest BCUT2D eigenvalue weighted by atomic mass is 10.1. The topological polar surface area (TPSA) is 46.5 Å². The second-order valence-corrected chi connectivity index (χ2v) is 3.45. The van der Waals surface area contributed by atoms with Crippen LogP contribution in [-0.2, 0) is 9.59 Å². The molecule has 0 N–H and O–H groups in total. The first-order valence-corrected chi connectivity index (χ1v) is 4.80. The van der Waals surface area contributed by atoms with Crippen LogP contribution in [0.4, 0.5) is 0 Å². The number of unbranched alkanes of at least 4 members (excludes halogenated alkanes) is 2. The molecule has 0 spiro atoms. The summed E-state index contributed by atoms with van der Waals surface area (Å²) in [5, 5.41) is -0.279. The van der Waals surface area contributed by atoms with Crippen molar-refractivity contribution < 1.29 is 9.59 Å². The highest BCUT2D eigenvalue weighted by Gasteiger charge is 1.99. The Morgan fingerprint density at radius 2 is 2.15 bits per heavy atom. The number of halogens is 1. The third kappa shape index (κ3) is 9.25. The van der Waals surface area contributed by atoms with E-state index in [2.05, 4.69) is 4.99 Å².